The van der Waals surface area contributed by atoms with Crippen molar-refractivity contribution in [2.45, 2.75) is 45.6 Å². The number of ketones is 1. The van der Waals surface area contributed by atoms with Crippen molar-refractivity contribution >= 4 is 11.7 Å². The third-order valence-electron chi connectivity index (χ3n) is 4.07. The highest BCUT2D eigenvalue weighted by Crippen LogP contribution is 2.23. The van der Waals surface area contributed by atoms with Gasteiger partial charge in [0.1, 0.15) is 5.75 Å². The molecule has 114 valence electrons. The summed E-state index contributed by atoms with van der Waals surface area (Å²) in [6.45, 7) is 3.68. The molecule has 0 unspecified atom stereocenters. The molecule has 4 nitrogen and oxygen atoms in total. The van der Waals surface area contributed by atoms with E-state index in [1.165, 1.54) is 26.2 Å². The van der Waals surface area contributed by atoms with Gasteiger partial charge in [-0.25, -0.2) is 0 Å². The second-order valence-electron chi connectivity index (χ2n) is 5.81. The highest BCUT2D eigenvalue weighted by Gasteiger charge is 2.22. The SMILES string of the molecule is CC(=O)c1cccc(OCC(=O)N[C@@H]2CCCC[C@H]2C)c1. The molecule has 1 aliphatic rings. The van der Waals surface area contributed by atoms with Gasteiger partial charge in [0.05, 0.1) is 0 Å². The molecule has 1 aromatic carbocycles. The zero-order chi connectivity index (χ0) is 15.2. The molecule has 1 N–H and O–H groups in total. The number of carbonyl (C=O) groups excluding carboxylic acids is 2. The van der Waals surface area contributed by atoms with Crippen LogP contribution in [-0.2, 0) is 4.79 Å². The van der Waals surface area contributed by atoms with E-state index < -0.39 is 0 Å². The Morgan fingerprint density at radius 3 is 2.76 bits per heavy atom. The molecule has 2 atom stereocenters. The minimum absolute atomic E-state index is 0.00935. The first-order chi connectivity index (χ1) is 10.1. The van der Waals surface area contributed by atoms with Crippen LogP contribution >= 0.6 is 0 Å². The van der Waals surface area contributed by atoms with Gasteiger partial charge in [-0.1, -0.05) is 31.9 Å². The molecule has 0 radical (unpaired) electrons. The van der Waals surface area contributed by atoms with E-state index in [1.807, 2.05) is 0 Å². The standard InChI is InChI=1S/C17H23NO3/c1-12-6-3-4-9-16(12)18-17(20)11-21-15-8-5-7-14(10-15)13(2)19/h5,7-8,10,12,16H,3-4,6,9,11H2,1-2H3,(H,18,20)/t12-,16-/m1/s1. The summed E-state index contributed by atoms with van der Waals surface area (Å²) in [5.41, 5.74) is 0.591. The van der Waals surface area contributed by atoms with E-state index in [-0.39, 0.29) is 24.3 Å². The number of ether oxygens (including phenoxy) is 1. The fraction of sp³-hybridized carbons (Fsp3) is 0.529. The first-order valence-corrected chi connectivity index (χ1v) is 7.59. The first kappa shape index (κ1) is 15.5. The van der Waals surface area contributed by atoms with Crippen molar-refractivity contribution in [3.63, 3.8) is 0 Å². The number of carbonyl (C=O) groups is 2. The summed E-state index contributed by atoms with van der Waals surface area (Å²) in [6.07, 6.45) is 4.65. The molecule has 0 bridgehead atoms. The largest absolute Gasteiger partial charge is 0.484 e. The van der Waals surface area contributed by atoms with Crippen LogP contribution in [0, 0.1) is 5.92 Å². The average molecular weight is 289 g/mol. The normalized spacial score (nSPS) is 21.6. The predicted molar refractivity (Wildman–Crippen MR) is 81.5 cm³/mol. The maximum Gasteiger partial charge on any atom is 0.258 e. The quantitative estimate of drug-likeness (QED) is 0.848. The Kier molecular flexibility index (Phi) is 5.37. The Balaban J connectivity index is 1.83. The van der Waals surface area contributed by atoms with E-state index in [0.717, 1.165) is 6.42 Å². The highest BCUT2D eigenvalue weighted by molar-refractivity contribution is 5.94. The molecule has 0 heterocycles. The molecule has 1 fully saturated rings. The van der Waals surface area contributed by atoms with Crippen LogP contribution in [0.4, 0.5) is 0 Å². The summed E-state index contributed by atoms with van der Waals surface area (Å²) in [5.74, 6) is 0.973. The van der Waals surface area contributed by atoms with Crippen LogP contribution in [0.5, 0.6) is 5.75 Å². The van der Waals surface area contributed by atoms with E-state index in [1.54, 1.807) is 24.3 Å². The molecule has 4 heteroatoms. The molecule has 0 spiro atoms. The van der Waals surface area contributed by atoms with Crippen LogP contribution in [0.15, 0.2) is 24.3 Å². The van der Waals surface area contributed by atoms with Crippen LogP contribution in [0.3, 0.4) is 0 Å². The fourth-order valence-electron chi connectivity index (χ4n) is 2.73. The highest BCUT2D eigenvalue weighted by atomic mass is 16.5. The lowest BCUT2D eigenvalue weighted by atomic mass is 9.86. The lowest BCUT2D eigenvalue weighted by molar-refractivity contribution is -0.124. The topological polar surface area (TPSA) is 55.4 Å². The van der Waals surface area contributed by atoms with E-state index in [2.05, 4.69) is 12.2 Å². The second-order valence-corrected chi connectivity index (χ2v) is 5.81. The Hall–Kier alpha value is -1.84. The molecule has 2 rings (SSSR count). The number of amides is 1. The van der Waals surface area contributed by atoms with Crippen molar-refractivity contribution in [1.29, 1.82) is 0 Å². The van der Waals surface area contributed by atoms with Crippen molar-refractivity contribution in [2.24, 2.45) is 5.92 Å². The van der Waals surface area contributed by atoms with E-state index in [4.69, 9.17) is 4.74 Å². The van der Waals surface area contributed by atoms with Crippen LogP contribution in [0.2, 0.25) is 0 Å². The van der Waals surface area contributed by atoms with Gasteiger partial charge in [0.2, 0.25) is 0 Å². The number of hydrogen-bond donors (Lipinski definition) is 1. The maximum absolute atomic E-state index is 11.9. The molecule has 1 saturated carbocycles. The Bertz CT molecular complexity index is 513. The van der Waals surface area contributed by atoms with Gasteiger partial charge in [0.25, 0.3) is 5.91 Å². The number of Topliss-reactive ketones (excluding diaryl/α,β-unsaturated/α-hetero) is 1. The van der Waals surface area contributed by atoms with Crippen molar-refractivity contribution < 1.29 is 14.3 Å². The van der Waals surface area contributed by atoms with E-state index in [9.17, 15) is 9.59 Å². The van der Waals surface area contributed by atoms with Crippen molar-refractivity contribution in [2.75, 3.05) is 6.61 Å². The Morgan fingerprint density at radius 2 is 2.05 bits per heavy atom. The summed E-state index contributed by atoms with van der Waals surface area (Å²) in [4.78, 5) is 23.2. The molecule has 21 heavy (non-hydrogen) atoms. The molecule has 0 aromatic heterocycles. The van der Waals surface area contributed by atoms with Crippen LogP contribution < -0.4 is 10.1 Å². The molecule has 1 aliphatic carbocycles. The second kappa shape index (κ2) is 7.25. The van der Waals surface area contributed by atoms with Gasteiger partial charge < -0.3 is 10.1 Å². The van der Waals surface area contributed by atoms with Crippen LogP contribution in [0.25, 0.3) is 0 Å². The summed E-state index contributed by atoms with van der Waals surface area (Å²) in [5, 5.41) is 3.05. The van der Waals surface area contributed by atoms with E-state index in [0.29, 0.717) is 17.2 Å². The summed E-state index contributed by atoms with van der Waals surface area (Å²) >= 11 is 0. The molecular formula is C17H23NO3. The van der Waals surface area contributed by atoms with Gasteiger partial charge in [-0.2, -0.15) is 0 Å². The monoisotopic (exact) mass is 289 g/mol. The lowest BCUT2D eigenvalue weighted by Crippen LogP contribution is -2.43. The van der Waals surface area contributed by atoms with Gasteiger partial charge >= 0.3 is 0 Å². The van der Waals surface area contributed by atoms with Gasteiger partial charge in [0.15, 0.2) is 12.4 Å². The summed E-state index contributed by atoms with van der Waals surface area (Å²) in [6, 6.07) is 7.17. The summed E-state index contributed by atoms with van der Waals surface area (Å²) < 4.78 is 5.47. The molecule has 1 aromatic rings. The third-order valence-corrected chi connectivity index (χ3v) is 4.07. The zero-order valence-electron chi connectivity index (χ0n) is 12.7. The zero-order valence-corrected chi connectivity index (χ0v) is 12.7. The van der Waals surface area contributed by atoms with Crippen molar-refractivity contribution in [3.05, 3.63) is 29.8 Å². The number of nitrogens with one attached hydrogen (secondary N) is 1. The van der Waals surface area contributed by atoms with E-state index >= 15 is 0 Å². The van der Waals surface area contributed by atoms with Crippen LogP contribution in [0.1, 0.15) is 49.9 Å². The summed E-state index contributed by atoms with van der Waals surface area (Å²) in [7, 11) is 0. The molecule has 0 aliphatic heterocycles. The van der Waals surface area contributed by atoms with Crippen molar-refractivity contribution in [3.8, 4) is 5.75 Å². The average Bonchev–Trinajstić information content (AvgIpc) is 2.48. The predicted octanol–water partition coefficient (Wildman–Crippen LogP) is 2.96. The maximum atomic E-state index is 11.9. The van der Waals surface area contributed by atoms with Gasteiger partial charge in [-0.15, -0.1) is 0 Å². The Labute approximate surface area is 125 Å². The minimum Gasteiger partial charge on any atom is -0.484 e. The minimum atomic E-state index is -0.0954. The lowest BCUT2D eigenvalue weighted by Gasteiger charge is -2.29. The van der Waals surface area contributed by atoms with Gasteiger partial charge in [-0.3, -0.25) is 9.59 Å². The van der Waals surface area contributed by atoms with Crippen molar-refractivity contribution in [1.82, 2.24) is 5.32 Å². The molecular weight excluding hydrogens is 266 g/mol. The number of rotatable bonds is 5. The van der Waals surface area contributed by atoms with Crippen LogP contribution in [-0.4, -0.2) is 24.3 Å². The van der Waals surface area contributed by atoms with Gasteiger partial charge in [-0.05, 0) is 37.8 Å². The Morgan fingerprint density at radius 1 is 1.29 bits per heavy atom. The third kappa shape index (κ3) is 4.59. The fourth-order valence-corrected chi connectivity index (χ4v) is 2.73. The molecule has 1 amide bonds. The first-order valence-electron chi connectivity index (χ1n) is 7.59. The smallest absolute Gasteiger partial charge is 0.258 e. The number of benzene rings is 1. The van der Waals surface area contributed by atoms with Gasteiger partial charge in [0, 0.05) is 11.6 Å². The number of hydrogen-bond acceptors (Lipinski definition) is 3. The molecule has 0 saturated heterocycles.